The highest BCUT2D eigenvalue weighted by molar-refractivity contribution is 8.24. The Labute approximate surface area is 56.9 Å². The first-order chi connectivity index (χ1) is 3.29. The fourth-order valence-electron chi connectivity index (χ4n) is 0.351. The van der Waals surface area contributed by atoms with E-state index in [4.69, 9.17) is 23.8 Å². The Morgan fingerprint density at radius 1 is 1.86 bits per heavy atom. The van der Waals surface area contributed by atoms with Gasteiger partial charge < -0.3 is 0 Å². The number of thioether (sulfide) groups is 1. The van der Waals surface area contributed by atoms with Gasteiger partial charge in [-0.15, -0.1) is 11.8 Å². The van der Waals surface area contributed by atoms with Crippen molar-refractivity contribution in [2.24, 2.45) is 0 Å². The Hall–Kier alpha value is 0.470. The van der Waals surface area contributed by atoms with E-state index >= 15 is 0 Å². The van der Waals surface area contributed by atoms with Crippen LogP contribution in [0.2, 0.25) is 0 Å². The number of hydrogen-bond donors (Lipinski definition) is 0. The van der Waals surface area contributed by atoms with E-state index in [-0.39, 0.29) is 0 Å². The van der Waals surface area contributed by atoms with Crippen LogP contribution in [0.4, 0.5) is 0 Å². The molecule has 0 fully saturated rings. The highest BCUT2D eigenvalue weighted by Gasteiger charge is 2.04. The third kappa shape index (κ3) is 1.44. The van der Waals surface area contributed by atoms with Gasteiger partial charge in [0, 0.05) is 10.8 Å². The third-order valence-electron chi connectivity index (χ3n) is 0.627. The molecule has 0 aromatic carbocycles. The second-order valence-corrected chi connectivity index (χ2v) is 3.40. The van der Waals surface area contributed by atoms with Crippen LogP contribution in [0.15, 0.2) is 11.1 Å². The van der Waals surface area contributed by atoms with Crippen molar-refractivity contribution in [3.8, 4) is 0 Å². The SMILES string of the molecule is S=C1C=C(Cl)CS1. The molecular formula is C4H3ClS2. The molecule has 0 nitrogen and oxygen atoms in total. The molecule has 1 heterocycles. The van der Waals surface area contributed by atoms with Gasteiger partial charge in [0.2, 0.25) is 0 Å². The molecule has 0 spiro atoms. The van der Waals surface area contributed by atoms with Gasteiger partial charge in [-0.05, 0) is 6.08 Å². The second-order valence-electron chi connectivity index (χ2n) is 1.20. The molecular weight excluding hydrogens is 148 g/mol. The highest BCUT2D eigenvalue weighted by Crippen LogP contribution is 2.22. The predicted molar refractivity (Wildman–Crippen MR) is 39.0 cm³/mol. The largest absolute Gasteiger partial charge is 0.109 e. The molecule has 0 saturated carbocycles. The maximum Gasteiger partial charge on any atom is 0.0721 e. The average molecular weight is 151 g/mol. The van der Waals surface area contributed by atoms with E-state index in [1.54, 1.807) is 11.8 Å². The van der Waals surface area contributed by atoms with E-state index in [0.29, 0.717) is 0 Å². The summed E-state index contributed by atoms with van der Waals surface area (Å²) >= 11 is 12.0. The van der Waals surface area contributed by atoms with Crippen LogP contribution in [0.25, 0.3) is 0 Å². The van der Waals surface area contributed by atoms with Crippen LogP contribution >= 0.6 is 35.6 Å². The third-order valence-corrected chi connectivity index (χ3v) is 2.36. The van der Waals surface area contributed by atoms with Crippen molar-refractivity contribution in [1.82, 2.24) is 0 Å². The van der Waals surface area contributed by atoms with Gasteiger partial charge in [-0.3, -0.25) is 0 Å². The van der Waals surface area contributed by atoms with Crippen molar-refractivity contribution in [2.75, 3.05) is 5.75 Å². The van der Waals surface area contributed by atoms with E-state index in [0.717, 1.165) is 15.0 Å². The quantitative estimate of drug-likeness (QED) is 0.486. The summed E-state index contributed by atoms with van der Waals surface area (Å²) in [5.41, 5.74) is 0. The molecule has 1 aliphatic heterocycles. The molecule has 3 heteroatoms. The van der Waals surface area contributed by atoms with Crippen molar-refractivity contribution in [3.63, 3.8) is 0 Å². The molecule has 0 saturated heterocycles. The molecule has 0 bridgehead atoms. The van der Waals surface area contributed by atoms with Gasteiger partial charge in [0.25, 0.3) is 0 Å². The molecule has 0 unspecified atom stereocenters. The molecule has 0 atom stereocenters. The minimum Gasteiger partial charge on any atom is -0.109 e. The van der Waals surface area contributed by atoms with Gasteiger partial charge in [0.15, 0.2) is 0 Å². The Bertz CT molecular complexity index is 128. The zero-order valence-electron chi connectivity index (χ0n) is 3.48. The molecule has 0 radical (unpaired) electrons. The van der Waals surface area contributed by atoms with Gasteiger partial charge in [-0.1, -0.05) is 23.8 Å². The normalized spacial score (nSPS) is 20.1. The van der Waals surface area contributed by atoms with Crippen molar-refractivity contribution < 1.29 is 0 Å². The van der Waals surface area contributed by atoms with E-state index in [9.17, 15) is 0 Å². The highest BCUT2D eigenvalue weighted by atomic mass is 35.5. The Balaban J connectivity index is 2.67. The molecule has 0 amide bonds. The Morgan fingerprint density at radius 3 is 2.71 bits per heavy atom. The van der Waals surface area contributed by atoms with E-state index < -0.39 is 0 Å². The first-order valence-corrected chi connectivity index (χ1v) is 3.59. The lowest BCUT2D eigenvalue weighted by molar-refractivity contribution is 1.76. The summed E-state index contributed by atoms with van der Waals surface area (Å²) in [6.07, 6.45) is 1.82. The van der Waals surface area contributed by atoms with Crippen molar-refractivity contribution in [1.29, 1.82) is 0 Å². The molecule has 7 heavy (non-hydrogen) atoms. The first kappa shape index (κ1) is 5.60. The van der Waals surface area contributed by atoms with Crippen LogP contribution in [0, 0.1) is 0 Å². The summed E-state index contributed by atoms with van der Waals surface area (Å²) in [4.78, 5) is 0. The Morgan fingerprint density at radius 2 is 2.57 bits per heavy atom. The van der Waals surface area contributed by atoms with Gasteiger partial charge in [0.05, 0.1) is 4.20 Å². The average Bonchev–Trinajstić information content (AvgIpc) is 1.87. The zero-order chi connectivity index (χ0) is 5.28. The molecule has 0 aromatic heterocycles. The van der Waals surface area contributed by atoms with E-state index in [1.807, 2.05) is 6.08 Å². The molecule has 0 aromatic rings. The summed E-state index contributed by atoms with van der Waals surface area (Å²) in [6, 6.07) is 0. The lowest BCUT2D eigenvalue weighted by atomic mass is 10.6. The fraction of sp³-hybridized carbons (Fsp3) is 0.250. The minimum atomic E-state index is 0.870. The van der Waals surface area contributed by atoms with Gasteiger partial charge in [-0.2, -0.15) is 0 Å². The second kappa shape index (κ2) is 2.16. The molecule has 38 valence electrons. The van der Waals surface area contributed by atoms with Crippen LogP contribution in [0.5, 0.6) is 0 Å². The molecule has 0 aliphatic carbocycles. The first-order valence-electron chi connectivity index (χ1n) is 1.82. The van der Waals surface area contributed by atoms with Gasteiger partial charge in [-0.25, -0.2) is 0 Å². The topological polar surface area (TPSA) is 0 Å². The van der Waals surface area contributed by atoms with Crippen molar-refractivity contribution >= 4 is 39.8 Å². The molecule has 0 N–H and O–H groups in total. The Kier molecular flexibility index (Phi) is 1.73. The van der Waals surface area contributed by atoms with Gasteiger partial charge >= 0.3 is 0 Å². The van der Waals surface area contributed by atoms with Crippen LogP contribution < -0.4 is 0 Å². The van der Waals surface area contributed by atoms with Crippen molar-refractivity contribution in [3.05, 3.63) is 11.1 Å². The monoisotopic (exact) mass is 150 g/mol. The van der Waals surface area contributed by atoms with E-state index in [2.05, 4.69) is 0 Å². The number of thiocarbonyl (C=S) groups is 1. The van der Waals surface area contributed by atoms with Crippen LogP contribution in [-0.2, 0) is 0 Å². The van der Waals surface area contributed by atoms with Crippen LogP contribution in [-0.4, -0.2) is 9.95 Å². The zero-order valence-corrected chi connectivity index (χ0v) is 5.87. The predicted octanol–water partition coefficient (Wildman–Crippen LogP) is 2.18. The maximum absolute atomic E-state index is 5.56. The lowest BCUT2D eigenvalue weighted by Gasteiger charge is -1.77. The summed E-state index contributed by atoms with van der Waals surface area (Å²) in [6.45, 7) is 0. The van der Waals surface area contributed by atoms with Crippen LogP contribution in [0.3, 0.4) is 0 Å². The van der Waals surface area contributed by atoms with E-state index in [1.165, 1.54) is 0 Å². The summed E-state index contributed by atoms with van der Waals surface area (Å²) < 4.78 is 0.907. The minimum absolute atomic E-state index is 0.870. The smallest absolute Gasteiger partial charge is 0.0721 e. The van der Waals surface area contributed by atoms with Crippen molar-refractivity contribution in [2.45, 2.75) is 0 Å². The summed E-state index contributed by atoms with van der Waals surface area (Å²) in [7, 11) is 0. The summed E-state index contributed by atoms with van der Waals surface area (Å²) in [5.74, 6) is 0.875. The number of rotatable bonds is 0. The molecule has 1 rings (SSSR count). The van der Waals surface area contributed by atoms with Crippen LogP contribution in [0.1, 0.15) is 0 Å². The maximum atomic E-state index is 5.56. The number of halogens is 1. The lowest BCUT2D eigenvalue weighted by Crippen LogP contribution is -1.66. The fourth-order valence-corrected chi connectivity index (χ4v) is 1.66. The summed E-state index contributed by atoms with van der Waals surface area (Å²) in [5, 5.41) is 0.870. The number of hydrogen-bond acceptors (Lipinski definition) is 2. The van der Waals surface area contributed by atoms with Gasteiger partial charge in [0.1, 0.15) is 0 Å². The standard InChI is InChI=1S/C4H3ClS2/c5-3-1-4(6)7-2-3/h1H,2H2. The molecule has 1 aliphatic rings.